The molecule has 41 heavy (non-hydrogen) atoms. The summed E-state index contributed by atoms with van der Waals surface area (Å²) in [4.78, 5) is 62.7. The first-order chi connectivity index (χ1) is 18.2. The number of carboxylic acids is 3. The van der Waals surface area contributed by atoms with E-state index in [0.717, 1.165) is 0 Å². The molecule has 0 rings (SSSR count). The van der Waals surface area contributed by atoms with Crippen LogP contribution in [-0.2, 0) is 28.8 Å². The van der Waals surface area contributed by atoms with Crippen LogP contribution in [-0.4, -0.2) is 143 Å². The maximum atomic E-state index is 11.2. The van der Waals surface area contributed by atoms with Crippen LogP contribution in [0.5, 0.6) is 0 Å². The smallest absolute Gasteiger partial charge is 0.550 e. The van der Waals surface area contributed by atoms with Gasteiger partial charge in [-0.3, -0.25) is 19.2 Å². The Morgan fingerprint density at radius 3 is 1.29 bits per heavy atom. The SMILES string of the molecule is CC(C)(CO)C(O)C(=O)NCCC(=O)[O-].CC(C)(CO)C(O)C(=O)NCCC(=O)[O-].NC(=O)CCC(N)C(=O)O.[Ca+2]. The Balaban J connectivity index is -0.000000253. The van der Waals surface area contributed by atoms with E-state index in [9.17, 15) is 49.2 Å². The van der Waals surface area contributed by atoms with Gasteiger partial charge in [-0.05, 0) is 6.42 Å². The third kappa shape index (κ3) is 24.2. The molecule has 3 unspecified atom stereocenters. The van der Waals surface area contributed by atoms with Crippen LogP contribution in [0, 0.1) is 10.8 Å². The predicted molar refractivity (Wildman–Crippen MR) is 139 cm³/mol. The number of aliphatic hydroxyl groups is 4. The average Bonchev–Trinajstić information content (AvgIpc) is 2.86. The molecule has 11 N–H and O–H groups in total. The van der Waals surface area contributed by atoms with E-state index < -0.39 is 64.7 Å². The standard InChI is InChI=1S/2C9H17NO5.C5H10N2O3.Ca/c2*1-9(2,5-11)7(14)8(15)10-4-3-6(12)13;6-3(5(9)10)1-2-4(7)8;/h2*7,11,14H,3-5H2,1-2H3,(H,10,15)(H,12,13);3H,1-2,6H2,(H2,7,8)(H,9,10);/q;;;+2/p-2. The van der Waals surface area contributed by atoms with Crippen molar-refractivity contribution < 1.29 is 64.5 Å². The van der Waals surface area contributed by atoms with Crippen molar-refractivity contribution in [2.24, 2.45) is 22.3 Å². The third-order valence-electron chi connectivity index (χ3n) is 5.07. The molecule has 0 saturated heterocycles. The molecule has 0 radical (unpaired) electrons. The van der Waals surface area contributed by atoms with Gasteiger partial charge in [0.05, 0.1) is 13.2 Å². The first kappa shape index (κ1) is 45.9. The quantitative estimate of drug-likeness (QED) is 0.0723. The van der Waals surface area contributed by atoms with E-state index in [0.29, 0.717) is 0 Å². The van der Waals surface area contributed by atoms with Gasteiger partial charge in [-0.1, -0.05) is 27.7 Å². The number of primary amides is 1. The Hall–Kier alpha value is -2.12. The molecule has 18 heteroatoms. The Kier molecular flexibility index (Phi) is 26.2. The topological polar surface area (TPSA) is 326 Å². The van der Waals surface area contributed by atoms with Crippen molar-refractivity contribution >= 4 is 73.4 Å². The minimum Gasteiger partial charge on any atom is -0.550 e. The number of nitrogens with two attached hydrogens (primary N) is 2. The van der Waals surface area contributed by atoms with E-state index in [2.05, 4.69) is 10.6 Å². The second kappa shape index (κ2) is 23.4. The second-order valence-corrected chi connectivity index (χ2v) is 9.87. The summed E-state index contributed by atoms with van der Waals surface area (Å²) in [6.07, 6.45) is -3.23. The van der Waals surface area contributed by atoms with Gasteiger partial charge in [0.25, 0.3) is 0 Å². The van der Waals surface area contributed by atoms with Crippen molar-refractivity contribution in [1.29, 1.82) is 0 Å². The Labute approximate surface area is 267 Å². The number of amides is 3. The summed E-state index contributed by atoms with van der Waals surface area (Å²) in [6, 6.07) is -0.979. The number of aliphatic hydroxyl groups excluding tert-OH is 4. The Morgan fingerprint density at radius 1 is 0.756 bits per heavy atom. The minimum atomic E-state index is -1.37. The third-order valence-corrected chi connectivity index (χ3v) is 5.07. The van der Waals surface area contributed by atoms with Crippen molar-refractivity contribution in [3.8, 4) is 0 Å². The fourth-order valence-corrected chi connectivity index (χ4v) is 2.07. The molecule has 0 aromatic rings. The molecule has 0 aliphatic heterocycles. The van der Waals surface area contributed by atoms with E-state index in [1.54, 1.807) is 0 Å². The largest absolute Gasteiger partial charge is 2.00 e. The molecule has 17 nitrogen and oxygen atoms in total. The molecule has 0 aliphatic rings. The number of carboxylic acid groups (broad SMARTS) is 3. The summed E-state index contributed by atoms with van der Waals surface area (Å²) in [6.45, 7) is 5.21. The molecule has 3 amide bonds. The Morgan fingerprint density at radius 2 is 1.07 bits per heavy atom. The fraction of sp³-hybridized carbons (Fsp3) is 0.739. The van der Waals surface area contributed by atoms with Gasteiger partial charge in [0.15, 0.2) is 0 Å². The van der Waals surface area contributed by atoms with Crippen molar-refractivity contribution in [1.82, 2.24) is 10.6 Å². The summed E-state index contributed by atoms with van der Waals surface area (Å²) < 4.78 is 0. The molecular formula is C23H42CaN4O13. The van der Waals surface area contributed by atoms with Crippen LogP contribution >= 0.6 is 0 Å². The van der Waals surface area contributed by atoms with Crippen LogP contribution in [0.2, 0.25) is 0 Å². The van der Waals surface area contributed by atoms with Crippen molar-refractivity contribution in [2.45, 2.75) is 71.6 Å². The Bertz CT molecular complexity index is 790. The van der Waals surface area contributed by atoms with Crippen LogP contribution in [0.15, 0.2) is 0 Å². The van der Waals surface area contributed by atoms with E-state index in [1.165, 1.54) is 27.7 Å². The maximum Gasteiger partial charge on any atom is 2.00 e. The molecular weight excluding hydrogens is 580 g/mol. The molecule has 0 heterocycles. The van der Waals surface area contributed by atoms with Crippen LogP contribution in [0.3, 0.4) is 0 Å². The zero-order valence-corrected chi connectivity index (χ0v) is 26.0. The summed E-state index contributed by atoms with van der Waals surface area (Å²) in [5.41, 5.74) is 7.91. The maximum absolute atomic E-state index is 11.2. The summed E-state index contributed by atoms with van der Waals surface area (Å²) in [5.74, 6) is -5.58. The summed E-state index contributed by atoms with van der Waals surface area (Å²) in [5, 5.41) is 69.5. The van der Waals surface area contributed by atoms with Gasteiger partial charge in [0.2, 0.25) is 17.7 Å². The monoisotopic (exact) mass is 622 g/mol. The number of carbonyl (C=O) groups is 6. The summed E-state index contributed by atoms with van der Waals surface area (Å²) >= 11 is 0. The molecule has 0 spiro atoms. The van der Waals surface area contributed by atoms with E-state index in [1.807, 2.05) is 0 Å². The predicted octanol–water partition coefficient (Wildman–Crippen LogP) is -6.47. The van der Waals surface area contributed by atoms with Gasteiger partial charge in [0, 0.05) is 55.1 Å². The number of hydrogen-bond donors (Lipinski definition) is 9. The van der Waals surface area contributed by atoms with Gasteiger partial charge in [-0.25, -0.2) is 0 Å². The number of carbonyl (C=O) groups excluding carboxylic acids is 5. The van der Waals surface area contributed by atoms with Crippen molar-refractivity contribution in [3.05, 3.63) is 0 Å². The van der Waals surface area contributed by atoms with E-state index >= 15 is 0 Å². The molecule has 0 aromatic carbocycles. The average molecular weight is 623 g/mol. The van der Waals surface area contributed by atoms with Crippen LogP contribution < -0.4 is 32.3 Å². The van der Waals surface area contributed by atoms with Crippen LogP contribution in [0.4, 0.5) is 0 Å². The molecule has 0 aliphatic carbocycles. The van der Waals surface area contributed by atoms with E-state index in [4.69, 9.17) is 26.8 Å². The van der Waals surface area contributed by atoms with Gasteiger partial charge < -0.3 is 67.4 Å². The van der Waals surface area contributed by atoms with Crippen LogP contribution in [0.1, 0.15) is 53.4 Å². The van der Waals surface area contributed by atoms with Gasteiger partial charge in [0.1, 0.15) is 18.2 Å². The van der Waals surface area contributed by atoms with Crippen molar-refractivity contribution in [3.63, 3.8) is 0 Å². The summed E-state index contributed by atoms with van der Waals surface area (Å²) in [7, 11) is 0. The van der Waals surface area contributed by atoms with Crippen molar-refractivity contribution in [2.75, 3.05) is 26.3 Å². The zero-order chi connectivity index (χ0) is 32.3. The van der Waals surface area contributed by atoms with Gasteiger partial charge in [-0.15, -0.1) is 0 Å². The number of nitrogens with one attached hydrogen (secondary N) is 2. The molecule has 0 bridgehead atoms. The number of rotatable bonds is 16. The molecule has 3 atom stereocenters. The first-order valence-electron chi connectivity index (χ1n) is 12.0. The van der Waals surface area contributed by atoms with E-state index in [-0.39, 0.29) is 89.7 Å². The van der Waals surface area contributed by atoms with Gasteiger partial charge in [-0.2, -0.15) is 0 Å². The molecule has 0 aromatic heterocycles. The molecule has 234 valence electrons. The van der Waals surface area contributed by atoms with Crippen LogP contribution in [0.25, 0.3) is 0 Å². The molecule has 0 saturated carbocycles. The first-order valence-corrected chi connectivity index (χ1v) is 12.0. The number of hydrogen-bond acceptors (Lipinski definition) is 13. The number of aliphatic carboxylic acids is 3. The minimum absolute atomic E-state index is 0. The normalized spacial score (nSPS) is 12.8. The van der Waals surface area contributed by atoms with Gasteiger partial charge >= 0.3 is 43.7 Å². The zero-order valence-electron chi connectivity index (χ0n) is 23.8. The fourth-order valence-electron chi connectivity index (χ4n) is 2.07. The second-order valence-electron chi connectivity index (χ2n) is 9.87. The molecule has 0 fully saturated rings.